The Morgan fingerprint density at radius 1 is 1.21 bits per heavy atom. The van der Waals surface area contributed by atoms with E-state index in [1.54, 1.807) is 11.1 Å². The summed E-state index contributed by atoms with van der Waals surface area (Å²) < 4.78 is 16.8. The van der Waals surface area contributed by atoms with Crippen molar-refractivity contribution in [3.05, 3.63) is 48.4 Å². The SMILES string of the molecule is COC(=O)NCC(=O)N1CC=CC1c1ncc(-c2ccc(B3OC(C)(C)C(C)(C)O3)cc2)[nH]1. The Morgan fingerprint density at radius 3 is 2.52 bits per heavy atom. The molecule has 1 saturated heterocycles. The van der Waals surface area contributed by atoms with Crippen LogP contribution in [0, 0.1) is 0 Å². The number of rotatable bonds is 5. The van der Waals surface area contributed by atoms with Crippen LogP contribution >= 0.6 is 0 Å². The Balaban J connectivity index is 1.44. The minimum Gasteiger partial charge on any atom is -0.453 e. The zero-order valence-corrected chi connectivity index (χ0v) is 19.5. The molecule has 1 atom stereocenters. The van der Waals surface area contributed by atoms with Crippen LogP contribution in [0.2, 0.25) is 0 Å². The fourth-order valence-electron chi connectivity index (χ4n) is 3.77. The lowest BCUT2D eigenvalue weighted by Gasteiger charge is -2.32. The first-order valence-corrected chi connectivity index (χ1v) is 10.9. The molecule has 1 fully saturated rings. The number of nitrogens with zero attached hydrogens (tertiary/aromatic N) is 2. The van der Waals surface area contributed by atoms with E-state index in [1.807, 2.05) is 64.1 Å². The van der Waals surface area contributed by atoms with Crippen LogP contribution in [0.15, 0.2) is 42.6 Å². The van der Waals surface area contributed by atoms with Crippen LogP contribution in [0.3, 0.4) is 0 Å². The van der Waals surface area contributed by atoms with E-state index in [0.717, 1.165) is 16.7 Å². The van der Waals surface area contributed by atoms with Gasteiger partial charge in [0.2, 0.25) is 5.91 Å². The Kier molecular flexibility index (Phi) is 6.07. The van der Waals surface area contributed by atoms with Gasteiger partial charge in [0.15, 0.2) is 0 Å². The summed E-state index contributed by atoms with van der Waals surface area (Å²) in [4.78, 5) is 33.2. The number of aromatic amines is 1. The molecule has 2 aliphatic rings. The normalized spacial score (nSPS) is 20.8. The van der Waals surface area contributed by atoms with Crippen LogP contribution < -0.4 is 10.8 Å². The highest BCUT2D eigenvalue weighted by Gasteiger charge is 2.51. The first-order valence-electron chi connectivity index (χ1n) is 10.9. The van der Waals surface area contributed by atoms with Crippen LogP contribution in [-0.2, 0) is 18.8 Å². The molecule has 0 saturated carbocycles. The highest BCUT2D eigenvalue weighted by molar-refractivity contribution is 6.62. The molecular formula is C23H29BN4O5. The number of hydrogen-bond acceptors (Lipinski definition) is 6. The van der Waals surface area contributed by atoms with Gasteiger partial charge in [-0.25, -0.2) is 9.78 Å². The zero-order chi connectivity index (χ0) is 23.8. The van der Waals surface area contributed by atoms with E-state index in [0.29, 0.717) is 12.4 Å². The van der Waals surface area contributed by atoms with E-state index in [1.165, 1.54) is 7.11 Å². The number of nitrogens with one attached hydrogen (secondary N) is 2. The molecule has 1 aromatic carbocycles. The standard InChI is InChI=1S/C23H29BN4O5/c1-22(2)23(3,4)33-24(32-22)16-10-8-15(9-11-16)17-13-25-20(27-17)18-7-6-12-28(18)19(29)14-26-21(30)31-5/h6-11,13,18H,12,14H2,1-5H3,(H,25,27)(H,26,30). The molecule has 1 aromatic heterocycles. The number of hydrogen-bond donors (Lipinski definition) is 2. The number of ether oxygens (including phenoxy) is 1. The third-order valence-corrected chi connectivity index (χ3v) is 6.47. The molecule has 2 amide bonds. The third-order valence-electron chi connectivity index (χ3n) is 6.47. The molecule has 2 aliphatic heterocycles. The predicted molar refractivity (Wildman–Crippen MR) is 124 cm³/mol. The molecule has 0 radical (unpaired) electrons. The number of carbonyl (C=O) groups is 2. The molecule has 4 rings (SSSR count). The van der Waals surface area contributed by atoms with Gasteiger partial charge >= 0.3 is 13.2 Å². The smallest absolute Gasteiger partial charge is 0.453 e. The molecule has 33 heavy (non-hydrogen) atoms. The second-order valence-electron chi connectivity index (χ2n) is 9.16. The number of benzene rings is 1. The van der Waals surface area contributed by atoms with Crippen molar-refractivity contribution in [2.75, 3.05) is 20.2 Å². The highest BCUT2D eigenvalue weighted by Crippen LogP contribution is 2.36. The van der Waals surface area contributed by atoms with Gasteiger partial charge in [0.05, 0.1) is 30.2 Å². The summed E-state index contributed by atoms with van der Waals surface area (Å²) >= 11 is 0. The van der Waals surface area contributed by atoms with Crippen LogP contribution in [0.25, 0.3) is 11.3 Å². The summed E-state index contributed by atoms with van der Waals surface area (Å²) in [5.74, 6) is 0.431. The molecule has 3 heterocycles. The van der Waals surface area contributed by atoms with Gasteiger partial charge in [0.25, 0.3) is 0 Å². The molecule has 174 valence electrons. The minimum absolute atomic E-state index is 0.140. The van der Waals surface area contributed by atoms with Crippen molar-refractivity contribution in [2.45, 2.75) is 44.9 Å². The Morgan fingerprint density at radius 2 is 1.88 bits per heavy atom. The van der Waals surface area contributed by atoms with E-state index < -0.39 is 13.2 Å². The fourth-order valence-corrected chi connectivity index (χ4v) is 3.77. The maximum absolute atomic E-state index is 12.5. The average molecular weight is 452 g/mol. The molecule has 2 N–H and O–H groups in total. The Bertz CT molecular complexity index is 1050. The summed E-state index contributed by atoms with van der Waals surface area (Å²) in [6.07, 6.45) is 4.93. The molecule has 9 nitrogen and oxygen atoms in total. The summed E-state index contributed by atoms with van der Waals surface area (Å²) in [7, 11) is 0.843. The van der Waals surface area contributed by atoms with Crippen LogP contribution in [-0.4, -0.2) is 65.4 Å². The van der Waals surface area contributed by atoms with Gasteiger partial charge in [0, 0.05) is 6.54 Å². The predicted octanol–water partition coefficient (Wildman–Crippen LogP) is 2.17. The Hall–Kier alpha value is -3.11. The maximum Gasteiger partial charge on any atom is 0.494 e. The third kappa shape index (κ3) is 4.53. The summed E-state index contributed by atoms with van der Waals surface area (Å²) in [6, 6.07) is 7.63. The number of H-pyrrole nitrogens is 1. The second-order valence-corrected chi connectivity index (χ2v) is 9.16. The fraction of sp³-hybridized carbons (Fsp3) is 0.435. The monoisotopic (exact) mass is 452 g/mol. The van der Waals surface area contributed by atoms with E-state index in [-0.39, 0.29) is 29.7 Å². The Labute approximate surface area is 193 Å². The average Bonchev–Trinajstić information content (AvgIpc) is 3.49. The molecule has 0 bridgehead atoms. The van der Waals surface area contributed by atoms with Gasteiger partial charge in [0.1, 0.15) is 18.4 Å². The van der Waals surface area contributed by atoms with E-state index in [9.17, 15) is 9.59 Å². The number of imidazole rings is 1. The van der Waals surface area contributed by atoms with Crippen LogP contribution in [0.5, 0.6) is 0 Å². The van der Waals surface area contributed by atoms with Crippen molar-refractivity contribution < 1.29 is 23.6 Å². The summed E-state index contributed by atoms with van der Waals surface area (Å²) in [6.45, 7) is 8.44. The van der Waals surface area contributed by atoms with Gasteiger partial charge in [-0.3, -0.25) is 4.79 Å². The molecule has 2 aromatic rings. The van der Waals surface area contributed by atoms with Crippen LogP contribution in [0.4, 0.5) is 4.79 Å². The first-order chi connectivity index (χ1) is 15.6. The van der Waals surface area contributed by atoms with E-state index in [4.69, 9.17) is 9.31 Å². The topological polar surface area (TPSA) is 106 Å². The van der Waals surface area contributed by atoms with E-state index in [2.05, 4.69) is 20.0 Å². The van der Waals surface area contributed by atoms with Gasteiger partial charge in [-0.05, 0) is 38.7 Å². The summed E-state index contributed by atoms with van der Waals surface area (Å²) in [5.41, 5.74) is 1.97. The van der Waals surface area contributed by atoms with Gasteiger partial charge in [-0.2, -0.15) is 0 Å². The molecule has 0 aliphatic carbocycles. The lowest BCUT2D eigenvalue weighted by Crippen LogP contribution is -2.41. The van der Waals surface area contributed by atoms with Crippen molar-refractivity contribution in [1.29, 1.82) is 0 Å². The van der Waals surface area contributed by atoms with Crippen molar-refractivity contribution in [2.24, 2.45) is 0 Å². The minimum atomic E-state index is -0.642. The number of alkyl carbamates (subject to hydrolysis) is 1. The number of aromatic nitrogens is 2. The number of carbonyl (C=O) groups excluding carboxylic acids is 2. The first kappa shape index (κ1) is 23.1. The van der Waals surface area contributed by atoms with E-state index >= 15 is 0 Å². The molecule has 0 spiro atoms. The molecule has 1 unspecified atom stereocenters. The van der Waals surface area contributed by atoms with Crippen LogP contribution in [0.1, 0.15) is 39.6 Å². The van der Waals surface area contributed by atoms with Gasteiger partial charge < -0.3 is 29.2 Å². The largest absolute Gasteiger partial charge is 0.494 e. The zero-order valence-electron chi connectivity index (χ0n) is 19.5. The van der Waals surface area contributed by atoms with Crippen molar-refractivity contribution in [1.82, 2.24) is 20.2 Å². The quantitative estimate of drug-likeness (QED) is 0.532. The highest BCUT2D eigenvalue weighted by atomic mass is 16.7. The lowest BCUT2D eigenvalue weighted by molar-refractivity contribution is -0.130. The number of methoxy groups -OCH3 is 1. The second kappa shape index (κ2) is 8.68. The maximum atomic E-state index is 12.5. The van der Waals surface area contributed by atoms with Crippen molar-refractivity contribution >= 4 is 24.6 Å². The van der Waals surface area contributed by atoms with Crippen molar-refractivity contribution in [3.63, 3.8) is 0 Å². The van der Waals surface area contributed by atoms with Gasteiger partial charge in [-0.1, -0.05) is 36.4 Å². The number of amides is 2. The molecule has 10 heteroatoms. The van der Waals surface area contributed by atoms with Crippen molar-refractivity contribution in [3.8, 4) is 11.3 Å². The summed E-state index contributed by atoms with van der Waals surface area (Å²) in [5, 5.41) is 2.42. The van der Waals surface area contributed by atoms with Gasteiger partial charge in [-0.15, -0.1) is 0 Å². The molecular weight excluding hydrogens is 423 g/mol. The lowest BCUT2D eigenvalue weighted by atomic mass is 9.79.